The summed E-state index contributed by atoms with van der Waals surface area (Å²) in [5.41, 5.74) is 4.57. The second kappa shape index (κ2) is 7.18. The molecule has 2 aromatic carbocycles. The number of rotatable bonds is 5. The molecule has 24 heavy (non-hydrogen) atoms. The third-order valence-electron chi connectivity index (χ3n) is 4.36. The molecule has 1 nitrogen and oxygen atoms in total. The van der Waals surface area contributed by atoms with Gasteiger partial charge in [0, 0.05) is 0 Å². The van der Waals surface area contributed by atoms with Crippen LogP contribution in [0.25, 0.3) is 16.3 Å². The summed E-state index contributed by atoms with van der Waals surface area (Å²) in [5, 5.41) is 2.35. The molecule has 0 aromatic heterocycles. The maximum absolute atomic E-state index is 5.33. The van der Waals surface area contributed by atoms with Gasteiger partial charge in [-0.3, -0.25) is 0 Å². The average molecular weight is 314 g/mol. The Morgan fingerprint density at radius 1 is 1.12 bits per heavy atom. The summed E-state index contributed by atoms with van der Waals surface area (Å²) in [7, 11) is 1.69. The lowest BCUT2D eigenvalue weighted by Gasteiger charge is -2.11. The van der Waals surface area contributed by atoms with Gasteiger partial charge in [0.15, 0.2) is 0 Å². The highest BCUT2D eigenvalue weighted by molar-refractivity contribution is 5.89. The van der Waals surface area contributed by atoms with E-state index in [0.717, 1.165) is 40.7 Å². The van der Waals surface area contributed by atoms with Gasteiger partial charge in [0.05, 0.1) is 7.11 Å². The lowest BCUT2D eigenvalue weighted by Crippen LogP contribution is -1.91. The molecule has 3 rings (SSSR count). The summed E-state index contributed by atoms with van der Waals surface area (Å²) < 4.78 is 5.33. The summed E-state index contributed by atoms with van der Waals surface area (Å²) in [6.07, 6.45) is 12.6. The summed E-state index contributed by atoms with van der Waals surface area (Å²) in [5.74, 6) is 0.868. The molecule has 0 atom stereocenters. The number of hydrogen-bond acceptors (Lipinski definition) is 1. The fraction of sp³-hybridized carbons (Fsp3) is 0.130. The molecule has 1 aliphatic rings. The predicted octanol–water partition coefficient (Wildman–Crippen LogP) is 6.25. The maximum Gasteiger partial charge on any atom is 0.119 e. The van der Waals surface area contributed by atoms with Crippen molar-refractivity contribution in [2.24, 2.45) is 0 Å². The van der Waals surface area contributed by atoms with Crippen LogP contribution in [0.3, 0.4) is 0 Å². The molecule has 0 radical (unpaired) electrons. The monoisotopic (exact) mass is 314 g/mol. The number of benzene rings is 2. The smallest absolute Gasteiger partial charge is 0.119 e. The zero-order valence-corrected chi connectivity index (χ0v) is 14.1. The van der Waals surface area contributed by atoms with E-state index in [9.17, 15) is 0 Å². The van der Waals surface area contributed by atoms with Crippen LogP contribution in [0.5, 0.6) is 5.75 Å². The van der Waals surface area contributed by atoms with Crippen LogP contribution in [0.2, 0.25) is 0 Å². The lowest BCUT2D eigenvalue weighted by atomic mass is 9.94. The molecule has 0 bridgehead atoms. The summed E-state index contributed by atoms with van der Waals surface area (Å²) in [6, 6.07) is 12.6. The first kappa shape index (κ1) is 16.1. The van der Waals surface area contributed by atoms with E-state index in [1.165, 1.54) is 11.0 Å². The Morgan fingerprint density at radius 3 is 2.67 bits per heavy atom. The normalized spacial score (nSPS) is 14.4. The fourth-order valence-electron chi connectivity index (χ4n) is 2.94. The van der Waals surface area contributed by atoms with Crippen molar-refractivity contribution in [2.75, 3.05) is 7.11 Å². The highest BCUT2D eigenvalue weighted by Gasteiger charge is 2.06. The molecule has 0 amide bonds. The molecule has 0 saturated heterocycles. The van der Waals surface area contributed by atoms with Crippen LogP contribution in [0.1, 0.15) is 18.4 Å². The fourth-order valence-corrected chi connectivity index (χ4v) is 2.94. The minimum absolute atomic E-state index is 0.868. The van der Waals surface area contributed by atoms with Crippen molar-refractivity contribution in [3.8, 4) is 5.75 Å². The van der Waals surface area contributed by atoms with Gasteiger partial charge in [0.2, 0.25) is 0 Å². The van der Waals surface area contributed by atoms with Crippen LogP contribution >= 0.6 is 0 Å². The molecule has 1 aliphatic carbocycles. The summed E-state index contributed by atoms with van der Waals surface area (Å²) in [6.45, 7) is 8.22. The molecule has 0 spiro atoms. The Kier molecular flexibility index (Phi) is 4.81. The number of methoxy groups -OCH3 is 1. The van der Waals surface area contributed by atoms with Crippen LogP contribution < -0.4 is 4.74 Å². The Morgan fingerprint density at radius 2 is 1.96 bits per heavy atom. The molecule has 0 unspecified atom stereocenters. The molecule has 2 aromatic rings. The second-order valence-corrected chi connectivity index (χ2v) is 5.92. The minimum atomic E-state index is 0.868. The van der Waals surface area contributed by atoms with Gasteiger partial charge in [-0.2, -0.15) is 0 Å². The summed E-state index contributed by atoms with van der Waals surface area (Å²) in [4.78, 5) is 0. The molecular weight excluding hydrogens is 292 g/mol. The quantitative estimate of drug-likeness (QED) is 0.593. The second-order valence-electron chi connectivity index (χ2n) is 5.92. The van der Waals surface area contributed by atoms with E-state index in [2.05, 4.69) is 67.8 Å². The van der Waals surface area contributed by atoms with Crippen LogP contribution in [0, 0.1) is 0 Å². The number of ether oxygens (including phenoxy) is 1. The maximum atomic E-state index is 5.33. The van der Waals surface area contributed by atoms with Gasteiger partial charge in [-0.1, -0.05) is 55.7 Å². The third-order valence-corrected chi connectivity index (χ3v) is 4.36. The molecule has 0 aliphatic heterocycles. The first-order chi connectivity index (χ1) is 11.7. The number of allylic oxidation sites excluding steroid dienone is 8. The van der Waals surface area contributed by atoms with Crippen molar-refractivity contribution in [1.82, 2.24) is 0 Å². The number of fused-ring (bicyclic) bond motifs is 1. The first-order valence-corrected chi connectivity index (χ1v) is 8.18. The van der Waals surface area contributed by atoms with Gasteiger partial charge in [0.25, 0.3) is 0 Å². The van der Waals surface area contributed by atoms with Gasteiger partial charge in [-0.05, 0) is 70.2 Å². The Hall–Kier alpha value is -2.80. The van der Waals surface area contributed by atoms with Crippen molar-refractivity contribution in [3.63, 3.8) is 0 Å². The first-order valence-electron chi connectivity index (χ1n) is 8.18. The van der Waals surface area contributed by atoms with Crippen molar-refractivity contribution < 1.29 is 4.74 Å². The number of hydrogen-bond donors (Lipinski definition) is 0. The van der Waals surface area contributed by atoms with Crippen molar-refractivity contribution in [1.29, 1.82) is 0 Å². The SMILES string of the molecule is C=C/C(=C\C(=C)C1=CC=CCC1)c1ccc2ccc(OC)cc2c1. The zero-order chi connectivity index (χ0) is 16.9. The molecule has 0 saturated carbocycles. The van der Waals surface area contributed by atoms with E-state index in [1.54, 1.807) is 7.11 Å². The van der Waals surface area contributed by atoms with Gasteiger partial charge < -0.3 is 4.74 Å². The topological polar surface area (TPSA) is 9.23 Å². The Bertz CT molecular complexity index is 878. The van der Waals surface area contributed by atoms with Crippen LogP contribution in [-0.2, 0) is 0 Å². The minimum Gasteiger partial charge on any atom is -0.497 e. The van der Waals surface area contributed by atoms with Gasteiger partial charge in [0.1, 0.15) is 5.75 Å². The predicted molar refractivity (Wildman–Crippen MR) is 104 cm³/mol. The van der Waals surface area contributed by atoms with E-state index < -0.39 is 0 Å². The van der Waals surface area contributed by atoms with E-state index >= 15 is 0 Å². The summed E-state index contributed by atoms with van der Waals surface area (Å²) >= 11 is 0. The van der Waals surface area contributed by atoms with E-state index in [1.807, 2.05) is 12.1 Å². The standard InChI is InChI=1S/C23H22O/c1-4-18(14-17(2)19-8-6-5-7-9-19)21-11-10-20-12-13-23(24-3)16-22(20)15-21/h4-6,8,10-16H,1-2,7,9H2,3H3/b18-14+. The van der Waals surface area contributed by atoms with Crippen LogP contribution in [0.15, 0.2) is 91.1 Å². The van der Waals surface area contributed by atoms with Crippen LogP contribution in [0.4, 0.5) is 0 Å². The van der Waals surface area contributed by atoms with Crippen molar-refractivity contribution in [3.05, 3.63) is 96.6 Å². The van der Waals surface area contributed by atoms with Crippen LogP contribution in [-0.4, -0.2) is 7.11 Å². The Balaban J connectivity index is 1.97. The Labute approximate surface area is 144 Å². The van der Waals surface area contributed by atoms with Gasteiger partial charge in [-0.15, -0.1) is 0 Å². The van der Waals surface area contributed by atoms with Gasteiger partial charge >= 0.3 is 0 Å². The highest BCUT2D eigenvalue weighted by atomic mass is 16.5. The molecule has 0 fully saturated rings. The molecule has 0 N–H and O–H groups in total. The van der Waals surface area contributed by atoms with E-state index in [-0.39, 0.29) is 0 Å². The third kappa shape index (κ3) is 3.41. The molecule has 0 heterocycles. The van der Waals surface area contributed by atoms with Crippen molar-refractivity contribution >= 4 is 16.3 Å². The average Bonchev–Trinajstić information content (AvgIpc) is 2.65. The van der Waals surface area contributed by atoms with Crippen molar-refractivity contribution in [2.45, 2.75) is 12.8 Å². The zero-order valence-electron chi connectivity index (χ0n) is 14.1. The van der Waals surface area contributed by atoms with Gasteiger partial charge in [-0.25, -0.2) is 0 Å². The molecule has 1 heteroatoms. The molecule has 120 valence electrons. The largest absolute Gasteiger partial charge is 0.497 e. The highest BCUT2D eigenvalue weighted by Crippen LogP contribution is 2.28. The molecular formula is C23H22O. The lowest BCUT2D eigenvalue weighted by molar-refractivity contribution is 0.415. The van der Waals surface area contributed by atoms with E-state index in [0.29, 0.717) is 0 Å². The van der Waals surface area contributed by atoms with E-state index in [4.69, 9.17) is 4.74 Å².